The van der Waals surface area contributed by atoms with Gasteiger partial charge in [-0.3, -0.25) is 19.1 Å². The number of nitrogens with zero attached hydrogens (tertiary/aromatic N) is 4. The molecule has 4 aromatic rings. The number of aromatic nitrogens is 2. The number of benzene rings is 3. The zero-order chi connectivity index (χ0) is 31.6. The predicted octanol–water partition coefficient (Wildman–Crippen LogP) is 6.10. The van der Waals surface area contributed by atoms with Crippen molar-refractivity contribution in [3.8, 4) is 0 Å². The zero-order valence-corrected chi connectivity index (χ0v) is 27.4. The number of carbonyl (C=O) groups is 1. The van der Waals surface area contributed by atoms with Crippen molar-refractivity contribution in [1.82, 2.24) is 19.4 Å². The molecule has 1 amide bonds. The maximum atomic E-state index is 14.1. The molecule has 8 heteroatoms. The van der Waals surface area contributed by atoms with Crippen molar-refractivity contribution in [2.75, 3.05) is 33.3 Å². The molecule has 1 aromatic heterocycles. The Kier molecular flexibility index (Phi) is 11.6. The summed E-state index contributed by atoms with van der Waals surface area (Å²) in [6.45, 7) is 5.28. The van der Waals surface area contributed by atoms with Gasteiger partial charge in [-0.2, -0.15) is 0 Å². The number of unbranched alkanes of at least 4 members (excludes halogenated alkanes) is 1. The molecule has 0 saturated carbocycles. The Bertz CT molecular complexity index is 1530. The van der Waals surface area contributed by atoms with Gasteiger partial charge in [0.2, 0.25) is 5.91 Å². The molecule has 1 atom stereocenters. The van der Waals surface area contributed by atoms with Crippen LogP contribution in [0.2, 0.25) is 0 Å². The first-order chi connectivity index (χ1) is 22.0. The van der Waals surface area contributed by atoms with E-state index in [-0.39, 0.29) is 29.4 Å². The van der Waals surface area contributed by atoms with Crippen LogP contribution in [0.5, 0.6) is 0 Å². The van der Waals surface area contributed by atoms with E-state index in [4.69, 9.17) is 9.72 Å². The molecule has 1 saturated heterocycles. The largest absolute Gasteiger partial charge is 0.378 e. The van der Waals surface area contributed by atoms with Crippen LogP contribution in [0, 0.1) is 0 Å². The van der Waals surface area contributed by atoms with Crippen LogP contribution in [0.15, 0.2) is 101 Å². The fourth-order valence-electron chi connectivity index (χ4n) is 6.05. The molecule has 0 spiro atoms. The van der Waals surface area contributed by atoms with Crippen LogP contribution in [0.25, 0.3) is 0 Å². The first-order valence-corrected chi connectivity index (χ1v) is 16.8. The van der Waals surface area contributed by atoms with Gasteiger partial charge in [-0.25, -0.2) is 4.98 Å². The summed E-state index contributed by atoms with van der Waals surface area (Å²) in [5.74, 6) is 0.125. The highest BCUT2D eigenvalue weighted by Gasteiger charge is 2.32. The van der Waals surface area contributed by atoms with Crippen LogP contribution in [0.1, 0.15) is 60.2 Å². The molecule has 1 aliphatic heterocycles. The molecule has 7 nitrogen and oxygen atoms in total. The average Bonchev–Trinajstić information content (AvgIpc) is 3.08. The van der Waals surface area contributed by atoms with Crippen molar-refractivity contribution in [2.45, 2.75) is 55.7 Å². The highest BCUT2D eigenvalue weighted by Crippen LogP contribution is 2.31. The standard InChI is InChI=1S/C37H44N4O3S/c1-4-5-21-33(45-37-38-32(27-44-3)31(35(42)39(37)2)26-28-15-9-6-10-16-28)36(43)41-24-22-40(23-25-41)34(29-17-11-7-12-18-29)30-19-13-8-14-20-30/h6-20,33-34H,4-5,21-27H2,1-3H3. The molecule has 236 valence electrons. The summed E-state index contributed by atoms with van der Waals surface area (Å²) in [6, 6.07) is 31.3. The second kappa shape index (κ2) is 16.0. The van der Waals surface area contributed by atoms with Crippen LogP contribution in [-0.2, 0) is 29.6 Å². The van der Waals surface area contributed by atoms with Gasteiger partial charge in [-0.05, 0) is 23.1 Å². The zero-order valence-electron chi connectivity index (χ0n) is 26.6. The van der Waals surface area contributed by atoms with Gasteiger partial charge in [0.05, 0.1) is 23.6 Å². The molecule has 1 aliphatic rings. The fraction of sp³-hybridized carbons (Fsp3) is 0.378. The average molecular weight is 625 g/mol. The maximum Gasteiger partial charge on any atom is 0.257 e. The minimum absolute atomic E-state index is 0.0911. The van der Waals surface area contributed by atoms with Crippen molar-refractivity contribution in [3.05, 3.63) is 129 Å². The number of hydrogen-bond donors (Lipinski definition) is 0. The number of rotatable bonds is 13. The molecule has 0 N–H and O–H groups in total. The Morgan fingerprint density at radius 1 is 0.889 bits per heavy atom. The van der Waals surface area contributed by atoms with Gasteiger partial charge in [0.1, 0.15) is 0 Å². The molecule has 5 rings (SSSR count). The van der Waals surface area contributed by atoms with Gasteiger partial charge < -0.3 is 9.64 Å². The molecule has 1 unspecified atom stereocenters. The SMILES string of the molecule is CCCCC(Sc1nc(COC)c(Cc2ccccc2)c(=O)n1C)C(=O)N1CCN(C(c2ccccc2)c2ccccc2)CC1. The smallest absolute Gasteiger partial charge is 0.257 e. The Morgan fingerprint density at radius 3 is 2.02 bits per heavy atom. The third-order valence-corrected chi connectivity index (χ3v) is 9.80. The molecular weight excluding hydrogens is 580 g/mol. The van der Waals surface area contributed by atoms with Crippen molar-refractivity contribution in [3.63, 3.8) is 0 Å². The molecular formula is C37H44N4O3S. The maximum absolute atomic E-state index is 14.1. The third-order valence-electron chi connectivity index (χ3n) is 8.50. The minimum atomic E-state index is -0.316. The first-order valence-electron chi connectivity index (χ1n) is 15.9. The van der Waals surface area contributed by atoms with E-state index < -0.39 is 0 Å². The minimum Gasteiger partial charge on any atom is -0.378 e. The fourth-order valence-corrected chi connectivity index (χ4v) is 7.24. The lowest BCUT2D eigenvalue weighted by Crippen LogP contribution is -2.52. The number of thioether (sulfide) groups is 1. The molecule has 0 aliphatic carbocycles. The Morgan fingerprint density at radius 2 is 1.47 bits per heavy atom. The van der Waals surface area contributed by atoms with E-state index in [2.05, 4.69) is 72.5 Å². The summed E-state index contributed by atoms with van der Waals surface area (Å²) < 4.78 is 7.07. The molecule has 1 fully saturated rings. The number of amides is 1. The third kappa shape index (κ3) is 8.12. The lowest BCUT2D eigenvalue weighted by atomic mass is 9.96. The van der Waals surface area contributed by atoms with Gasteiger partial charge in [0.25, 0.3) is 5.56 Å². The second-order valence-corrected chi connectivity index (χ2v) is 12.8. The summed E-state index contributed by atoms with van der Waals surface area (Å²) in [5, 5.41) is 0.245. The quantitative estimate of drug-likeness (QED) is 0.132. The Hall–Kier alpha value is -3.72. The summed E-state index contributed by atoms with van der Waals surface area (Å²) in [4.78, 5) is 37.1. The van der Waals surface area contributed by atoms with Crippen molar-refractivity contribution in [1.29, 1.82) is 0 Å². The van der Waals surface area contributed by atoms with Crippen LogP contribution in [0.3, 0.4) is 0 Å². The van der Waals surface area contributed by atoms with E-state index >= 15 is 0 Å². The Balaban J connectivity index is 1.34. The first kappa shape index (κ1) is 32.7. The summed E-state index contributed by atoms with van der Waals surface area (Å²) >= 11 is 1.42. The van der Waals surface area contributed by atoms with E-state index in [0.29, 0.717) is 35.9 Å². The summed E-state index contributed by atoms with van der Waals surface area (Å²) in [7, 11) is 3.38. The van der Waals surface area contributed by atoms with E-state index in [1.807, 2.05) is 35.2 Å². The number of methoxy groups -OCH3 is 1. The highest BCUT2D eigenvalue weighted by molar-refractivity contribution is 8.00. The normalized spacial score (nSPS) is 14.5. The highest BCUT2D eigenvalue weighted by atomic mass is 32.2. The van der Waals surface area contributed by atoms with Crippen LogP contribution in [-0.4, -0.2) is 63.8 Å². The van der Waals surface area contributed by atoms with Crippen molar-refractivity contribution >= 4 is 17.7 Å². The number of ether oxygens (including phenoxy) is 1. The van der Waals surface area contributed by atoms with Gasteiger partial charge in [0, 0.05) is 52.3 Å². The summed E-state index contributed by atoms with van der Waals surface area (Å²) in [6.07, 6.45) is 3.14. The monoisotopic (exact) mass is 624 g/mol. The lowest BCUT2D eigenvalue weighted by Gasteiger charge is -2.40. The van der Waals surface area contributed by atoms with E-state index in [1.165, 1.54) is 22.9 Å². The molecule has 3 aromatic carbocycles. The topological polar surface area (TPSA) is 67.7 Å². The van der Waals surface area contributed by atoms with Crippen LogP contribution >= 0.6 is 11.8 Å². The lowest BCUT2D eigenvalue weighted by molar-refractivity contribution is -0.132. The number of carbonyl (C=O) groups excluding carboxylic acids is 1. The van der Waals surface area contributed by atoms with Crippen molar-refractivity contribution < 1.29 is 9.53 Å². The van der Waals surface area contributed by atoms with E-state index in [0.717, 1.165) is 37.9 Å². The second-order valence-electron chi connectivity index (χ2n) is 11.6. The summed E-state index contributed by atoms with van der Waals surface area (Å²) in [5.41, 5.74) is 4.74. The van der Waals surface area contributed by atoms with Gasteiger partial charge in [-0.15, -0.1) is 0 Å². The van der Waals surface area contributed by atoms with Crippen molar-refractivity contribution in [2.24, 2.45) is 7.05 Å². The molecule has 45 heavy (non-hydrogen) atoms. The van der Waals surface area contributed by atoms with Gasteiger partial charge >= 0.3 is 0 Å². The molecule has 0 bridgehead atoms. The molecule has 2 heterocycles. The van der Waals surface area contributed by atoms with Crippen LogP contribution < -0.4 is 5.56 Å². The van der Waals surface area contributed by atoms with Gasteiger partial charge in [0.15, 0.2) is 5.16 Å². The predicted molar refractivity (Wildman–Crippen MR) is 181 cm³/mol. The van der Waals surface area contributed by atoms with Crippen LogP contribution in [0.4, 0.5) is 0 Å². The molecule has 0 radical (unpaired) electrons. The number of piperazine rings is 1. The Labute approximate surface area is 271 Å². The van der Waals surface area contributed by atoms with E-state index in [9.17, 15) is 9.59 Å². The number of hydrogen-bond acceptors (Lipinski definition) is 6. The van der Waals surface area contributed by atoms with Gasteiger partial charge in [-0.1, -0.05) is 123 Å². The van der Waals surface area contributed by atoms with E-state index in [1.54, 1.807) is 18.7 Å².